The third-order valence-corrected chi connectivity index (χ3v) is 11.7. The first kappa shape index (κ1) is 26.2. The van der Waals surface area contributed by atoms with Crippen molar-refractivity contribution >= 4 is 11.4 Å². The van der Waals surface area contributed by atoms with Gasteiger partial charge in [0.25, 0.3) is 0 Å². The summed E-state index contributed by atoms with van der Waals surface area (Å²) in [6.07, 6.45) is 14.1. The molecule has 9 atom stereocenters. The van der Waals surface area contributed by atoms with Gasteiger partial charge in [0.2, 0.25) is 0 Å². The molecule has 4 N–H and O–H groups in total. The van der Waals surface area contributed by atoms with E-state index in [4.69, 9.17) is 20.9 Å². The maximum atomic E-state index is 6.25. The van der Waals surface area contributed by atoms with Crippen LogP contribution in [-0.2, 0) is 4.74 Å². The van der Waals surface area contributed by atoms with Crippen LogP contribution in [0.15, 0.2) is 18.2 Å². The van der Waals surface area contributed by atoms with Gasteiger partial charge in [-0.15, -0.1) is 0 Å². The summed E-state index contributed by atoms with van der Waals surface area (Å²) >= 11 is 0. The van der Waals surface area contributed by atoms with Gasteiger partial charge in [-0.3, -0.25) is 0 Å². The molecule has 0 spiro atoms. The maximum absolute atomic E-state index is 6.25. The molecule has 0 aliphatic heterocycles. The van der Waals surface area contributed by atoms with Gasteiger partial charge in [-0.05, 0) is 123 Å². The first-order valence-corrected chi connectivity index (χ1v) is 15.0. The summed E-state index contributed by atoms with van der Waals surface area (Å²) in [7, 11) is 0. The quantitative estimate of drug-likeness (QED) is 0.297. The summed E-state index contributed by atoms with van der Waals surface area (Å²) in [6.45, 7) is 13.0. The highest BCUT2D eigenvalue weighted by atomic mass is 16.7. The molecule has 0 heterocycles. The molecular weight excluding hydrogens is 444 g/mol. The first-order valence-electron chi connectivity index (χ1n) is 15.0. The molecule has 0 saturated heterocycles. The van der Waals surface area contributed by atoms with Crippen molar-refractivity contribution in [1.29, 1.82) is 0 Å². The van der Waals surface area contributed by atoms with Gasteiger partial charge in [-0.25, -0.2) is 0 Å². The fourth-order valence-corrected chi connectivity index (χ4v) is 10.2. The van der Waals surface area contributed by atoms with E-state index in [9.17, 15) is 0 Å². The van der Waals surface area contributed by atoms with Gasteiger partial charge in [-0.2, -0.15) is 0 Å². The zero-order chi connectivity index (χ0) is 25.7. The predicted molar refractivity (Wildman–Crippen MR) is 149 cm³/mol. The largest absolute Gasteiger partial charge is 0.467 e. The number of hydrogen-bond acceptors (Lipinski definition) is 4. The van der Waals surface area contributed by atoms with Crippen LogP contribution in [0.2, 0.25) is 0 Å². The molecule has 4 nitrogen and oxygen atoms in total. The summed E-state index contributed by atoms with van der Waals surface area (Å²) in [5.74, 6) is 6.95. The van der Waals surface area contributed by atoms with Crippen LogP contribution in [0.3, 0.4) is 0 Å². The molecule has 5 rings (SSSR count). The monoisotopic (exact) mass is 496 g/mol. The van der Waals surface area contributed by atoms with Crippen molar-refractivity contribution in [2.75, 3.05) is 18.3 Å². The van der Waals surface area contributed by atoms with Crippen molar-refractivity contribution in [3.63, 3.8) is 0 Å². The van der Waals surface area contributed by atoms with Crippen LogP contribution < -0.4 is 16.2 Å². The predicted octanol–water partition coefficient (Wildman–Crippen LogP) is 7.91. The molecule has 0 bridgehead atoms. The molecule has 0 aromatic heterocycles. The van der Waals surface area contributed by atoms with E-state index in [1.54, 1.807) is 6.07 Å². The Morgan fingerprint density at radius 3 is 2.28 bits per heavy atom. The van der Waals surface area contributed by atoms with Crippen molar-refractivity contribution in [2.24, 2.45) is 52.3 Å². The highest BCUT2D eigenvalue weighted by Crippen LogP contribution is 2.68. The fourth-order valence-electron chi connectivity index (χ4n) is 10.2. The number of anilines is 2. The van der Waals surface area contributed by atoms with Crippen molar-refractivity contribution in [1.82, 2.24) is 0 Å². The number of nitrogens with two attached hydrogens (primary N) is 2. The van der Waals surface area contributed by atoms with Gasteiger partial charge in [0, 0.05) is 23.5 Å². The highest BCUT2D eigenvalue weighted by Gasteiger charge is 2.60. The molecular formula is C32H52N2O2. The Labute approximate surface area is 220 Å². The molecule has 4 heteroatoms. The Morgan fingerprint density at radius 1 is 0.861 bits per heavy atom. The maximum Gasteiger partial charge on any atom is 0.189 e. The number of nitrogen functional groups attached to an aromatic ring is 2. The molecule has 202 valence electrons. The zero-order valence-electron chi connectivity index (χ0n) is 23.6. The lowest BCUT2D eigenvalue weighted by Gasteiger charge is -2.61. The van der Waals surface area contributed by atoms with Crippen molar-refractivity contribution in [3.05, 3.63) is 18.2 Å². The smallest absolute Gasteiger partial charge is 0.189 e. The van der Waals surface area contributed by atoms with E-state index in [1.165, 1.54) is 57.8 Å². The molecule has 1 aromatic rings. The van der Waals surface area contributed by atoms with E-state index < -0.39 is 0 Å². The highest BCUT2D eigenvalue weighted by molar-refractivity contribution is 5.56. The lowest BCUT2D eigenvalue weighted by atomic mass is 9.44. The number of hydrogen-bond donors (Lipinski definition) is 2. The first-order chi connectivity index (χ1) is 17.1. The number of fused-ring (bicyclic) bond motifs is 5. The number of ether oxygens (including phenoxy) is 2. The van der Waals surface area contributed by atoms with E-state index >= 15 is 0 Å². The van der Waals surface area contributed by atoms with Crippen LogP contribution in [0.5, 0.6) is 5.75 Å². The van der Waals surface area contributed by atoms with Gasteiger partial charge in [0.05, 0.1) is 6.10 Å². The standard InChI is InChI=1S/C32H52N2O2/c1-20(2)14-21(3)28-8-9-29-27-7-6-22-15-25(35-19-36-26-17-23(33)16-24(34)18-26)10-12-31(22,4)30(27)11-13-32(28,29)5/h16-18,20-22,25,27-30H,6-15,19,33-34H2,1-5H3. The average Bonchev–Trinajstić information content (AvgIpc) is 3.15. The Kier molecular flexibility index (Phi) is 7.31. The lowest BCUT2D eigenvalue weighted by Crippen LogP contribution is -2.54. The average molecular weight is 497 g/mol. The Hall–Kier alpha value is -1.42. The second-order valence-corrected chi connectivity index (χ2v) is 14.2. The van der Waals surface area contributed by atoms with Crippen LogP contribution in [0.1, 0.15) is 98.8 Å². The van der Waals surface area contributed by atoms with Gasteiger partial charge < -0.3 is 20.9 Å². The minimum atomic E-state index is 0.277. The normalized spacial score (nSPS) is 40.8. The molecule has 4 saturated carbocycles. The van der Waals surface area contributed by atoms with Crippen LogP contribution in [0.4, 0.5) is 11.4 Å². The molecule has 4 fully saturated rings. The lowest BCUT2D eigenvalue weighted by molar-refractivity contribution is -0.146. The van der Waals surface area contributed by atoms with E-state index in [2.05, 4.69) is 34.6 Å². The third-order valence-electron chi connectivity index (χ3n) is 11.7. The Bertz CT molecular complexity index is 897. The summed E-state index contributed by atoms with van der Waals surface area (Å²) < 4.78 is 12.1. The van der Waals surface area contributed by atoms with Crippen molar-refractivity contribution < 1.29 is 9.47 Å². The minimum Gasteiger partial charge on any atom is -0.467 e. The molecule has 36 heavy (non-hydrogen) atoms. The SMILES string of the molecule is CC(C)CC(C)C1CCC2C3CCC4CC(OCOc5cc(N)cc(N)c5)CCC4(C)C3CCC12C. The number of benzene rings is 1. The van der Waals surface area contributed by atoms with Crippen molar-refractivity contribution in [3.8, 4) is 5.75 Å². The van der Waals surface area contributed by atoms with Gasteiger partial charge in [0.1, 0.15) is 5.75 Å². The summed E-state index contributed by atoms with van der Waals surface area (Å²) in [5, 5.41) is 0. The molecule has 4 aliphatic rings. The van der Waals surface area contributed by atoms with Crippen LogP contribution in [0, 0.1) is 52.3 Å². The molecule has 1 aromatic carbocycles. The Morgan fingerprint density at radius 2 is 1.56 bits per heavy atom. The zero-order valence-corrected chi connectivity index (χ0v) is 23.6. The van der Waals surface area contributed by atoms with E-state index in [0.29, 0.717) is 34.1 Å². The van der Waals surface area contributed by atoms with Gasteiger partial charge in [-0.1, -0.05) is 34.6 Å². The summed E-state index contributed by atoms with van der Waals surface area (Å²) in [6, 6.07) is 5.37. The van der Waals surface area contributed by atoms with E-state index in [1.807, 2.05) is 12.1 Å². The molecule has 0 amide bonds. The third kappa shape index (κ3) is 4.76. The van der Waals surface area contributed by atoms with Crippen molar-refractivity contribution in [2.45, 2.75) is 105 Å². The van der Waals surface area contributed by atoms with Crippen LogP contribution in [-0.4, -0.2) is 12.9 Å². The van der Waals surface area contributed by atoms with Crippen LogP contribution >= 0.6 is 0 Å². The second-order valence-electron chi connectivity index (χ2n) is 14.2. The number of rotatable bonds is 7. The van der Waals surface area contributed by atoms with E-state index in [0.717, 1.165) is 47.8 Å². The Balaban J connectivity index is 1.19. The summed E-state index contributed by atoms with van der Waals surface area (Å²) in [4.78, 5) is 0. The van der Waals surface area contributed by atoms with Gasteiger partial charge >= 0.3 is 0 Å². The second kappa shape index (κ2) is 10.0. The molecule has 4 aliphatic carbocycles. The molecule has 9 unspecified atom stereocenters. The summed E-state index contributed by atoms with van der Waals surface area (Å²) in [5.41, 5.74) is 14.1. The fraction of sp³-hybridized carbons (Fsp3) is 0.812. The van der Waals surface area contributed by atoms with E-state index in [-0.39, 0.29) is 6.79 Å². The topological polar surface area (TPSA) is 70.5 Å². The minimum absolute atomic E-state index is 0.277. The molecule has 0 radical (unpaired) electrons. The van der Waals surface area contributed by atoms with Crippen LogP contribution in [0.25, 0.3) is 0 Å². The van der Waals surface area contributed by atoms with Gasteiger partial charge in [0.15, 0.2) is 6.79 Å².